The van der Waals surface area contributed by atoms with Crippen LogP contribution < -0.4 is 9.64 Å². The molecule has 1 aromatic heterocycles. The summed E-state index contributed by atoms with van der Waals surface area (Å²) in [5.41, 5.74) is 2.21. The van der Waals surface area contributed by atoms with Crippen LogP contribution in [0.3, 0.4) is 0 Å². The van der Waals surface area contributed by atoms with Crippen molar-refractivity contribution in [1.82, 2.24) is 9.55 Å². The summed E-state index contributed by atoms with van der Waals surface area (Å²) in [6.45, 7) is 6.66. The molecule has 0 bridgehead atoms. The third-order valence-electron chi connectivity index (χ3n) is 6.10. The predicted octanol–water partition coefficient (Wildman–Crippen LogP) is 4.45. The maximum absolute atomic E-state index is 13.8. The number of aromatic hydroxyl groups is 1. The lowest BCUT2D eigenvalue weighted by atomic mass is 9.89. The fourth-order valence-corrected chi connectivity index (χ4v) is 4.57. The molecule has 0 fully saturated rings. The second kappa shape index (κ2) is 10.2. The van der Waals surface area contributed by atoms with E-state index in [4.69, 9.17) is 14.5 Å². The van der Waals surface area contributed by atoms with E-state index in [-0.39, 0.29) is 18.3 Å². The summed E-state index contributed by atoms with van der Waals surface area (Å²) in [7, 11) is 0. The number of imidazole rings is 1. The molecular weight excluding hydrogens is 434 g/mol. The molecule has 180 valence electrons. The van der Waals surface area contributed by atoms with Gasteiger partial charge in [-0.2, -0.15) is 0 Å². The Kier molecular flexibility index (Phi) is 7.05. The molecule has 0 spiro atoms. The van der Waals surface area contributed by atoms with Gasteiger partial charge in [-0.05, 0) is 50.1 Å². The summed E-state index contributed by atoms with van der Waals surface area (Å²) in [4.78, 5) is 33.5. The number of rotatable bonds is 9. The summed E-state index contributed by atoms with van der Waals surface area (Å²) in [5.74, 6) is -1.19. The molecule has 0 aliphatic carbocycles. The highest BCUT2D eigenvalue weighted by Crippen LogP contribution is 2.43. The summed E-state index contributed by atoms with van der Waals surface area (Å²) in [5, 5.41) is 10.3. The van der Waals surface area contributed by atoms with Crippen LogP contribution >= 0.6 is 0 Å². The van der Waals surface area contributed by atoms with Crippen molar-refractivity contribution >= 4 is 28.9 Å². The van der Waals surface area contributed by atoms with Gasteiger partial charge in [-0.15, -0.1) is 0 Å². The number of amides is 1. The van der Waals surface area contributed by atoms with Gasteiger partial charge in [-0.25, -0.2) is 4.98 Å². The number of carbonyl (C=O) groups excluding carboxylic acids is 2. The monoisotopic (exact) mass is 465 g/mol. The summed E-state index contributed by atoms with van der Waals surface area (Å²) in [6.07, 6.45) is 2.78. The van der Waals surface area contributed by atoms with Gasteiger partial charge in [0, 0.05) is 6.54 Å². The highest BCUT2D eigenvalue weighted by atomic mass is 16.5. The van der Waals surface area contributed by atoms with Crippen molar-refractivity contribution in [3.63, 3.8) is 0 Å². The Labute approximate surface area is 199 Å². The molecule has 3 aromatic rings. The Morgan fingerprint density at radius 1 is 1.09 bits per heavy atom. The fourth-order valence-electron chi connectivity index (χ4n) is 4.57. The molecule has 8 heteroatoms. The second-order valence-electron chi connectivity index (χ2n) is 8.30. The Morgan fingerprint density at radius 3 is 2.62 bits per heavy atom. The van der Waals surface area contributed by atoms with E-state index in [2.05, 4.69) is 6.92 Å². The number of phenols is 1. The van der Waals surface area contributed by atoms with Gasteiger partial charge in [0.1, 0.15) is 0 Å². The largest absolute Gasteiger partial charge is 0.504 e. The Balaban J connectivity index is 1.94. The highest BCUT2D eigenvalue weighted by Gasteiger charge is 2.47. The Bertz CT molecular complexity index is 1190. The minimum absolute atomic E-state index is 0.00248. The zero-order valence-corrected chi connectivity index (χ0v) is 19.9. The molecule has 0 saturated heterocycles. The van der Waals surface area contributed by atoms with Crippen molar-refractivity contribution < 1.29 is 24.2 Å². The number of nitrogens with zero attached hydrogens (tertiary/aromatic N) is 3. The molecule has 1 aliphatic heterocycles. The predicted molar refractivity (Wildman–Crippen MR) is 129 cm³/mol. The third-order valence-corrected chi connectivity index (χ3v) is 6.10. The molecule has 2 atom stereocenters. The molecule has 0 radical (unpaired) electrons. The van der Waals surface area contributed by atoms with E-state index in [9.17, 15) is 14.7 Å². The second-order valence-corrected chi connectivity index (χ2v) is 8.30. The molecule has 2 heterocycles. The number of hydrogen-bond donors (Lipinski definition) is 1. The fraction of sp³-hybridized carbons (Fsp3) is 0.423. The van der Waals surface area contributed by atoms with Gasteiger partial charge >= 0.3 is 5.97 Å². The van der Waals surface area contributed by atoms with Gasteiger partial charge in [0.2, 0.25) is 11.9 Å². The number of carbonyl (C=O) groups is 2. The zero-order valence-electron chi connectivity index (χ0n) is 19.9. The summed E-state index contributed by atoms with van der Waals surface area (Å²) >= 11 is 0. The van der Waals surface area contributed by atoms with Crippen LogP contribution in [0.4, 0.5) is 5.95 Å². The van der Waals surface area contributed by atoms with Crippen LogP contribution in [-0.2, 0) is 14.3 Å². The first-order valence-corrected chi connectivity index (χ1v) is 11.9. The molecule has 34 heavy (non-hydrogen) atoms. The van der Waals surface area contributed by atoms with Gasteiger partial charge in [-0.1, -0.05) is 38.0 Å². The molecular formula is C26H31N3O5. The minimum Gasteiger partial charge on any atom is -0.504 e. The van der Waals surface area contributed by atoms with Crippen molar-refractivity contribution in [1.29, 1.82) is 0 Å². The zero-order chi connectivity index (χ0) is 24.2. The molecule has 8 nitrogen and oxygen atoms in total. The molecule has 1 aliphatic rings. The number of phenolic OH excluding ortho intramolecular Hbond substituents is 1. The number of ether oxygens (including phenoxy) is 2. The topological polar surface area (TPSA) is 93.9 Å². The SMILES string of the molecule is CCCCCN1C(=O)[C@H](C(=O)OCC)[C@@H](c2ccc(O)c(OCC)c2)n2c1nc1ccccc12. The normalized spacial score (nSPS) is 17.6. The van der Waals surface area contributed by atoms with Crippen LogP contribution in [0.5, 0.6) is 11.5 Å². The van der Waals surface area contributed by atoms with E-state index in [1.54, 1.807) is 24.0 Å². The Hall–Kier alpha value is -3.55. The van der Waals surface area contributed by atoms with Crippen molar-refractivity contribution in [2.75, 3.05) is 24.7 Å². The van der Waals surface area contributed by atoms with Crippen molar-refractivity contribution in [3.8, 4) is 11.5 Å². The third kappa shape index (κ3) is 4.20. The maximum atomic E-state index is 13.8. The van der Waals surface area contributed by atoms with E-state index in [0.29, 0.717) is 30.4 Å². The van der Waals surface area contributed by atoms with Crippen molar-refractivity contribution in [3.05, 3.63) is 48.0 Å². The van der Waals surface area contributed by atoms with Crippen LogP contribution in [0.2, 0.25) is 0 Å². The first kappa shape index (κ1) is 23.6. The number of fused-ring (bicyclic) bond motifs is 3. The van der Waals surface area contributed by atoms with E-state index < -0.39 is 17.9 Å². The number of anilines is 1. The summed E-state index contributed by atoms with van der Waals surface area (Å²) in [6, 6.07) is 11.9. The smallest absolute Gasteiger partial charge is 0.321 e. The molecule has 2 aromatic carbocycles. The lowest BCUT2D eigenvalue weighted by Gasteiger charge is -2.38. The molecule has 1 amide bonds. The number of unbranched alkanes of at least 4 members (excludes halogenated alkanes) is 2. The van der Waals surface area contributed by atoms with Crippen LogP contribution in [0.15, 0.2) is 42.5 Å². The number of hydrogen-bond acceptors (Lipinski definition) is 6. The van der Waals surface area contributed by atoms with E-state index in [1.165, 1.54) is 6.07 Å². The number of esters is 1. The maximum Gasteiger partial charge on any atom is 0.321 e. The van der Waals surface area contributed by atoms with Gasteiger partial charge in [0.15, 0.2) is 17.4 Å². The minimum atomic E-state index is -1.09. The first-order chi connectivity index (χ1) is 16.5. The van der Waals surface area contributed by atoms with Gasteiger partial charge in [-0.3, -0.25) is 14.5 Å². The van der Waals surface area contributed by atoms with Crippen molar-refractivity contribution in [2.45, 2.75) is 46.1 Å². The average Bonchev–Trinajstić information content (AvgIpc) is 3.21. The molecule has 4 rings (SSSR count). The molecule has 1 N–H and O–H groups in total. The Morgan fingerprint density at radius 2 is 1.88 bits per heavy atom. The molecule has 0 unspecified atom stereocenters. The van der Waals surface area contributed by atoms with Gasteiger partial charge < -0.3 is 19.1 Å². The quantitative estimate of drug-likeness (QED) is 0.285. The van der Waals surface area contributed by atoms with Gasteiger partial charge in [0.05, 0.1) is 30.3 Å². The highest BCUT2D eigenvalue weighted by molar-refractivity contribution is 6.08. The number of benzene rings is 2. The first-order valence-electron chi connectivity index (χ1n) is 11.9. The number of para-hydroxylation sites is 2. The standard InChI is InChI=1S/C26H31N3O5/c1-4-7-10-15-28-24(31)22(25(32)34-6-3)23(17-13-14-20(30)21(16-17)33-5-2)29-19-12-9-8-11-18(19)27-26(28)29/h8-9,11-14,16,22-23,30H,4-7,10,15H2,1-3H3/t22-,23-/m1/s1. The lowest BCUT2D eigenvalue weighted by molar-refractivity contribution is -0.153. The van der Waals surface area contributed by atoms with Crippen LogP contribution in [0.1, 0.15) is 51.6 Å². The van der Waals surface area contributed by atoms with Crippen LogP contribution in [0, 0.1) is 5.92 Å². The van der Waals surface area contributed by atoms with Crippen molar-refractivity contribution in [2.24, 2.45) is 5.92 Å². The van der Waals surface area contributed by atoms with Gasteiger partial charge in [0.25, 0.3) is 0 Å². The number of aromatic nitrogens is 2. The van der Waals surface area contributed by atoms with E-state index >= 15 is 0 Å². The average molecular weight is 466 g/mol. The summed E-state index contributed by atoms with van der Waals surface area (Å²) < 4.78 is 12.9. The van der Waals surface area contributed by atoms with E-state index in [0.717, 1.165) is 30.3 Å². The lowest BCUT2D eigenvalue weighted by Crippen LogP contribution is -2.50. The van der Waals surface area contributed by atoms with E-state index in [1.807, 2.05) is 35.8 Å². The van der Waals surface area contributed by atoms with Crippen LogP contribution in [-0.4, -0.2) is 46.3 Å². The molecule has 0 saturated carbocycles. The van der Waals surface area contributed by atoms with Crippen LogP contribution in [0.25, 0.3) is 11.0 Å².